The SMILES string of the molecule is COc1ccc(C(N)c2c(C)[nH]c3ccccc23)cc1. The number of rotatable bonds is 3. The fraction of sp³-hybridized carbons (Fsp3) is 0.176. The molecule has 0 radical (unpaired) electrons. The van der Waals surface area contributed by atoms with Crippen LogP contribution in [0.15, 0.2) is 48.5 Å². The summed E-state index contributed by atoms with van der Waals surface area (Å²) in [6.07, 6.45) is 0. The maximum absolute atomic E-state index is 6.46. The molecule has 3 heteroatoms. The Kier molecular flexibility index (Phi) is 3.20. The monoisotopic (exact) mass is 266 g/mol. The number of aryl methyl sites for hydroxylation is 1. The van der Waals surface area contributed by atoms with Crippen molar-refractivity contribution in [2.24, 2.45) is 5.73 Å². The van der Waals surface area contributed by atoms with E-state index in [1.54, 1.807) is 7.11 Å². The van der Waals surface area contributed by atoms with Gasteiger partial charge in [-0.05, 0) is 30.7 Å². The second-order valence-corrected chi connectivity index (χ2v) is 4.96. The molecule has 0 aliphatic carbocycles. The Balaban J connectivity index is 2.07. The zero-order valence-corrected chi connectivity index (χ0v) is 11.7. The number of hydrogen-bond acceptors (Lipinski definition) is 2. The van der Waals surface area contributed by atoms with Gasteiger partial charge in [0, 0.05) is 22.2 Å². The Labute approximate surface area is 118 Å². The van der Waals surface area contributed by atoms with E-state index in [4.69, 9.17) is 10.5 Å². The molecule has 1 atom stereocenters. The third-order valence-corrected chi connectivity index (χ3v) is 3.73. The Morgan fingerprint density at radius 2 is 1.75 bits per heavy atom. The summed E-state index contributed by atoms with van der Waals surface area (Å²) in [4.78, 5) is 3.40. The lowest BCUT2D eigenvalue weighted by Crippen LogP contribution is -2.12. The zero-order valence-electron chi connectivity index (χ0n) is 11.7. The van der Waals surface area contributed by atoms with Crippen molar-refractivity contribution in [1.82, 2.24) is 4.98 Å². The summed E-state index contributed by atoms with van der Waals surface area (Å²) in [5.74, 6) is 0.844. The molecule has 3 N–H and O–H groups in total. The van der Waals surface area contributed by atoms with Gasteiger partial charge >= 0.3 is 0 Å². The minimum absolute atomic E-state index is 0.142. The number of benzene rings is 2. The first-order valence-electron chi connectivity index (χ1n) is 6.67. The fourth-order valence-electron chi connectivity index (χ4n) is 2.68. The molecular weight excluding hydrogens is 248 g/mol. The highest BCUT2D eigenvalue weighted by Gasteiger charge is 2.16. The molecule has 2 aromatic carbocycles. The lowest BCUT2D eigenvalue weighted by molar-refractivity contribution is 0.414. The molecule has 0 aliphatic rings. The number of ether oxygens (including phenoxy) is 1. The molecule has 0 spiro atoms. The van der Waals surface area contributed by atoms with Crippen molar-refractivity contribution in [2.75, 3.05) is 7.11 Å². The van der Waals surface area contributed by atoms with Gasteiger partial charge in [-0.1, -0.05) is 30.3 Å². The van der Waals surface area contributed by atoms with E-state index >= 15 is 0 Å². The van der Waals surface area contributed by atoms with Crippen molar-refractivity contribution < 1.29 is 4.74 Å². The molecule has 20 heavy (non-hydrogen) atoms. The van der Waals surface area contributed by atoms with Crippen molar-refractivity contribution in [3.05, 3.63) is 65.4 Å². The van der Waals surface area contributed by atoms with Gasteiger partial charge in [0.1, 0.15) is 5.75 Å². The summed E-state index contributed by atoms with van der Waals surface area (Å²) in [5.41, 5.74) is 10.9. The molecule has 1 aromatic heterocycles. The summed E-state index contributed by atoms with van der Waals surface area (Å²) in [6, 6.07) is 16.0. The van der Waals surface area contributed by atoms with Crippen molar-refractivity contribution in [3.8, 4) is 5.75 Å². The molecule has 0 fully saturated rings. The van der Waals surface area contributed by atoms with Crippen LogP contribution in [0.2, 0.25) is 0 Å². The van der Waals surface area contributed by atoms with Crippen LogP contribution in [0.1, 0.15) is 22.9 Å². The third-order valence-electron chi connectivity index (χ3n) is 3.73. The van der Waals surface area contributed by atoms with Gasteiger partial charge in [0.05, 0.1) is 13.2 Å². The Morgan fingerprint density at radius 1 is 1.05 bits per heavy atom. The standard InChI is InChI=1S/C17H18N2O/c1-11-16(14-5-3-4-6-15(14)19-11)17(18)12-7-9-13(20-2)10-8-12/h3-10,17,19H,18H2,1-2H3. The van der Waals surface area contributed by atoms with Gasteiger partial charge in [-0.3, -0.25) is 0 Å². The maximum Gasteiger partial charge on any atom is 0.118 e. The number of methoxy groups -OCH3 is 1. The van der Waals surface area contributed by atoms with Gasteiger partial charge in [-0.25, -0.2) is 0 Å². The number of nitrogens with one attached hydrogen (secondary N) is 1. The van der Waals surface area contributed by atoms with Crippen molar-refractivity contribution in [2.45, 2.75) is 13.0 Å². The first-order chi connectivity index (χ1) is 9.70. The summed E-state index contributed by atoms with van der Waals surface area (Å²) < 4.78 is 5.19. The first-order valence-corrected chi connectivity index (χ1v) is 6.67. The number of nitrogens with two attached hydrogens (primary N) is 1. The predicted molar refractivity (Wildman–Crippen MR) is 82.1 cm³/mol. The van der Waals surface area contributed by atoms with Gasteiger partial charge < -0.3 is 15.5 Å². The van der Waals surface area contributed by atoms with Crippen molar-refractivity contribution >= 4 is 10.9 Å². The number of aromatic amines is 1. The summed E-state index contributed by atoms with van der Waals surface area (Å²) in [6.45, 7) is 2.07. The van der Waals surface area contributed by atoms with Crippen LogP contribution in [0.25, 0.3) is 10.9 Å². The topological polar surface area (TPSA) is 51.0 Å². The lowest BCUT2D eigenvalue weighted by atomic mass is 9.97. The van der Waals surface area contributed by atoms with Crippen LogP contribution in [0, 0.1) is 6.92 Å². The van der Waals surface area contributed by atoms with E-state index in [0.717, 1.165) is 28.1 Å². The van der Waals surface area contributed by atoms with Crippen molar-refractivity contribution in [3.63, 3.8) is 0 Å². The second kappa shape index (κ2) is 5.02. The number of H-pyrrole nitrogens is 1. The van der Waals surface area contributed by atoms with Crippen LogP contribution in [0.5, 0.6) is 5.75 Å². The molecule has 1 heterocycles. The minimum atomic E-state index is -0.142. The van der Waals surface area contributed by atoms with Gasteiger partial charge in [0.15, 0.2) is 0 Å². The second-order valence-electron chi connectivity index (χ2n) is 4.96. The summed E-state index contributed by atoms with van der Waals surface area (Å²) in [7, 11) is 1.67. The molecule has 0 aliphatic heterocycles. The normalized spacial score (nSPS) is 12.6. The van der Waals surface area contributed by atoms with Gasteiger partial charge in [-0.15, -0.1) is 0 Å². The van der Waals surface area contributed by atoms with E-state index in [1.807, 2.05) is 36.4 Å². The number of hydrogen-bond donors (Lipinski definition) is 2. The largest absolute Gasteiger partial charge is 0.497 e. The van der Waals surface area contributed by atoms with Crippen LogP contribution in [-0.2, 0) is 0 Å². The van der Waals surface area contributed by atoms with E-state index in [2.05, 4.69) is 24.0 Å². The highest BCUT2D eigenvalue weighted by atomic mass is 16.5. The van der Waals surface area contributed by atoms with E-state index < -0.39 is 0 Å². The van der Waals surface area contributed by atoms with E-state index in [1.165, 1.54) is 5.39 Å². The average molecular weight is 266 g/mol. The molecule has 1 unspecified atom stereocenters. The van der Waals surface area contributed by atoms with Crippen LogP contribution >= 0.6 is 0 Å². The van der Waals surface area contributed by atoms with Gasteiger partial charge in [0.25, 0.3) is 0 Å². The molecular formula is C17H18N2O. The summed E-state index contributed by atoms with van der Waals surface area (Å²) in [5, 5.41) is 1.19. The quantitative estimate of drug-likeness (QED) is 0.762. The Morgan fingerprint density at radius 3 is 2.45 bits per heavy atom. The molecule has 0 amide bonds. The molecule has 3 nitrogen and oxygen atoms in total. The molecule has 0 bridgehead atoms. The average Bonchev–Trinajstić information content (AvgIpc) is 2.82. The lowest BCUT2D eigenvalue weighted by Gasteiger charge is -2.13. The zero-order chi connectivity index (χ0) is 14.1. The van der Waals surface area contributed by atoms with E-state index in [0.29, 0.717) is 0 Å². The van der Waals surface area contributed by atoms with Crippen LogP contribution in [0.4, 0.5) is 0 Å². The smallest absolute Gasteiger partial charge is 0.118 e. The van der Waals surface area contributed by atoms with Crippen LogP contribution in [-0.4, -0.2) is 12.1 Å². The Bertz CT molecular complexity index is 728. The number of para-hydroxylation sites is 1. The molecule has 0 saturated carbocycles. The highest BCUT2D eigenvalue weighted by molar-refractivity contribution is 5.85. The number of aromatic nitrogens is 1. The molecule has 102 valence electrons. The summed E-state index contributed by atoms with van der Waals surface area (Å²) >= 11 is 0. The molecule has 3 aromatic rings. The van der Waals surface area contributed by atoms with E-state index in [9.17, 15) is 0 Å². The van der Waals surface area contributed by atoms with Crippen LogP contribution < -0.4 is 10.5 Å². The van der Waals surface area contributed by atoms with Gasteiger partial charge in [-0.2, -0.15) is 0 Å². The number of fused-ring (bicyclic) bond motifs is 1. The maximum atomic E-state index is 6.46. The third kappa shape index (κ3) is 2.06. The molecule has 0 saturated heterocycles. The first kappa shape index (κ1) is 12.8. The van der Waals surface area contributed by atoms with E-state index in [-0.39, 0.29) is 6.04 Å². The fourth-order valence-corrected chi connectivity index (χ4v) is 2.68. The van der Waals surface area contributed by atoms with Gasteiger partial charge in [0.2, 0.25) is 0 Å². The highest BCUT2D eigenvalue weighted by Crippen LogP contribution is 2.30. The Hall–Kier alpha value is -2.26. The van der Waals surface area contributed by atoms with Crippen molar-refractivity contribution in [1.29, 1.82) is 0 Å². The van der Waals surface area contributed by atoms with Crippen LogP contribution in [0.3, 0.4) is 0 Å². The molecule has 3 rings (SSSR count). The predicted octanol–water partition coefficient (Wildman–Crippen LogP) is 3.53. The minimum Gasteiger partial charge on any atom is -0.497 e.